The molecule has 0 saturated carbocycles. The van der Waals surface area contributed by atoms with Gasteiger partial charge in [0.15, 0.2) is 6.61 Å². The van der Waals surface area contributed by atoms with Gasteiger partial charge in [0, 0.05) is 12.6 Å². The minimum atomic E-state index is -0.959. The highest BCUT2D eigenvalue weighted by atomic mass is 19.1. The zero-order valence-corrected chi connectivity index (χ0v) is 12.4. The molecule has 24 heavy (non-hydrogen) atoms. The van der Waals surface area contributed by atoms with Crippen molar-refractivity contribution in [3.05, 3.63) is 75.6 Å². The predicted octanol–water partition coefficient (Wildman–Crippen LogP) is 2.21. The van der Waals surface area contributed by atoms with E-state index in [1.165, 1.54) is 48.5 Å². The number of carbonyl (C=O) groups is 2. The van der Waals surface area contributed by atoms with Crippen molar-refractivity contribution in [3.63, 3.8) is 0 Å². The fourth-order valence-electron chi connectivity index (χ4n) is 1.87. The minimum Gasteiger partial charge on any atom is -0.452 e. The summed E-state index contributed by atoms with van der Waals surface area (Å²) in [6.45, 7) is -0.436. The Morgan fingerprint density at radius 1 is 1.12 bits per heavy atom. The normalized spacial score (nSPS) is 10.0. The molecule has 0 saturated heterocycles. The number of ether oxygens (including phenoxy) is 1. The summed E-state index contributed by atoms with van der Waals surface area (Å²) in [6, 6.07) is 10.8. The lowest BCUT2D eigenvalue weighted by atomic mass is 10.2. The van der Waals surface area contributed by atoms with Crippen molar-refractivity contribution in [1.29, 1.82) is 0 Å². The number of nitrogens with one attached hydrogen (secondary N) is 1. The van der Waals surface area contributed by atoms with Gasteiger partial charge in [-0.05, 0) is 23.8 Å². The molecule has 0 bridgehead atoms. The summed E-state index contributed by atoms with van der Waals surface area (Å²) in [5, 5.41) is 13.3. The maximum Gasteiger partial charge on any atom is 0.345 e. The first-order chi connectivity index (χ1) is 11.5. The molecule has 0 aliphatic carbocycles. The molecule has 0 unspecified atom stereocenters. The number of rotatable bonds is 6. The number of halogens is 1. The average molecular weight is 332 g/mol. The standard InChI is InChI=1S/C16H13FN2O5/c17-12-7-5-11(6-8-12)9-18-15(20)10-24-16(21)13-3-1-2-4-14(13)19(22)23/h1-8H,9-10H2,(H,18,20). The van der Waals surface area contributed by atoms with Crippen molar-refractivity contribution in [2.45, 2.75) is 6.54 Å². The lowest BCUT2D eigenvalue weighted by Crippen LogP contribution is -2.28. The van der Waals surface area contributed by atoms with E-state index in [0.717, 1.165) is 0 Å². The highest BCUT2D eigenvalue weighted by Crippen LogP contribution is 2.18. The summed E-state index contributed by atoms with van der Waals surface area (Å²) in [7, 11) is 0. The lowest BCUT2D eigenvalue weighted by molar-refractivity contribution is -0.385. The lowest BCUT2D eigenvalue weighted by Gasteiger charge is -2.07. The van der Waals surface area contributed by atoms with Gasteiger partial charge in [0.2, 0.25) is 0 Å². The van der Waals surface area contributed by atoms with Gasteiger partial charge in [-0.15, -0.1) is 0 Å². The summed E-state index contributed by atoms with van der Waals surface area (Å²) in [4.78, 5) is 33.6. The second-order valence-electron chi connectivity index (χ2n) is 4.75. The molecule has 0 atom stereocenters. The number of benzene rings is 2. The Labute approximate surface area is 136 Å². The zero-order valence-electron chi connectivity index (χ0n) is 12.4. The van der Waals surface area contributed by atoms with Crippen LogP contribution in [0.25, 0.3) is 0 Å². The third-order valence-corrected chi connectivity index (χ3v) is 3.06. The van der Waals surface area contributed by atoms with Crippen LogP contribution in [0.2, 0.25) is 0 Å². The summed E-state index contributed by atoms with van der Waals surface area (Å²) in [5.74, 6) is -1.92. The first-order valence-electron chi connectivity index (χ1n) is 6.89. The third kappa shape index (κ3) is 4.60. The number of nitro groups is 1. The van der Waals surface area contributed by atoms with Crippen molar-refractivity contribution in [1.82, 2.24) is 5.32 Å². The van der Waals surface area contributed by atoms with E-state index in [0.29, 0.717) is 5.56 Å². The van der Waals surface area contributed by atoms with Gasteiger partial charge in [-0.1, -0.05) is 24.3 Å². The highest BCUT2D eigenvalue weighted by molar-refractivity contribution is 5.95. The topological polar surface area (TPSA) is 98.5 Å². The van der Waals surface area contributed by atoms with Gasteiger partial charge >= 0.3 is 5.97 Å². The van der Waals surface area contributed by atoms with Crippen LogP contribution in [0.4, 0.5) is 10.1 Å². The Morgan fingerprint density at radius 2 is 1.79 bits per heavy atom. The van der Waals surface area contributed by atoms with Gasteiger partial charge in [0.05, 0.1) is 4.92 Å². The van der Waals surface area contributed by atoms with Crippen molar-refractivity contribution in [2.24, 2.45) is 0 Å². The van der Waals surface area contributed by atoms with Gasteiger partial charge in [-0.2, -0.15) is 0 Å². The quantitative estimate of drug-likeness (QED) is 0.497. The summed E-state index contributed by atoms with van der Waals surface area (Å²) < 4.78 is 17.5. The summed E-state index contributed by atoms with van der Waals surface area (Å²) in [5.41, 5.74) is 0.0535. The van der Waals surface area contributed by atoms with Crippen LogP contribution >= 0.6 is 0 Å². The van der Waals surface area contributed by atoms with Crippen LogP contribution in [0, 0.1) is 15.9 Å². The molecule has 0 heterocycles. The van der Waals surface area contributed by atoms with Gasteiger partial charge in [-0.3, -0.25) is 14.9 Å². The Kier molecular flexibility index (Phi) is 5.56. The average Bonchev–Trinajstić information content (AvgIpc) is 2.59. The molecule has 2 rings (SSSR count). The number of amides is 1. The van der Waals surface area contributed by atoms with Crippen molar-refractivity contribution in [3.8, 4) is 0 Å². The largest absolute Gasteiger partial charge is 0.452 e. The zero-order chi connectivity index (χ0) is 17.5. The summed E-state index contributed by atoms with van der Waals surface area (Å²) in [6.07, 6.45) is 0. The number of para-hydroxylation sites is 1. The van der Waals surface area contributed by atoms with E-state index < -0.39 is 29.1 Å². The predicted molar refractivity (Wildman–Crippen MR) is 81.6 cm³/mol. The fourth-order valence-corrected chi connectivity index (χ4v) is 1.87. The molecule has 0 aromatic heterocycles. The van der Waals surface area contributed by atoms with E-state index in [1.54, 1.807) is 0 Å². The van der Waals surface area contributed by atoms with E-state index in [1.807, 2.05) is 0 Å². The molecule has 0 aliphatic rings. The third-order valence-electron chi connectivity index (χ3n) is 3.06. The number of carbonyl (C=O) groups excluding carboxylic acids is 2. The molecule has 8 heteroatoms. The Hall–Kier alpha value is -3.29. The molecule has 1 amide bonds. The van der Waals surface area contributed by atoms with Gasteiger partial charge in [0.25, 0.3) is 11.6 Å². The highest BCUT2D eigenvalue weighted by Gasteiger charge is 2.21. The van der Waals surface area contributed by atoms with Crippen LogP contribution < -0.4 is 5.32 Å². The van der Waals surface area contributed by atoms with Crippen LogP contribution in [0.1, 0.15) is 15.9 Å². The summed E-state index contributed by atoms with van der Waals surface area (Å²) >= 11 is 0. The fraction of sp³-hybridized carbons (Fsp3) is 0.125. The van der Waals surface area contributed by atoms with Crippen LogP contribution in [0.3, 0.4) is 0 Å². The maximum absolute atomic E-state index is 12.8. The van der Waals surface area contributed by atoms with Crippen LogP contribution in [0.5, 0.6) is 0 Å². The molecule has 7 nitrogen and oxygen atoms in total. The maximum atomic E-state index is 12.8. The molecular formula is C16H13FN2O5. The SMILES string of the molecule is O=C(COC(=O)c1ccccc1[N+](=O)[O-])NCc1ccc(F)cc1. The number of nitrogens with zero attached hydrogens (tertiary/aromatic N) is 1. The Bertz CT molecular complexity index is 761. The van der Waals surface area contributed by atoms with Gasteiger partial charge in [-0.25, -0.2) is 9.18 Å². The Morgan fingerprint density at radius 3 is 2.46 bits per heavy atom. The minimum absolute atomic E-state index is 0.141. The number of esters is 1. The van der Waals surface area contributed by atoms with E-state index >= 15 is 0 Å². The van der Waals surface area contributed by atoms with Crippen LogP contribution in [0.15, 0.2) is 48.5 Å². The number of hydrogen-bond acceptors (Lipinski definition) is 5. The smallest absolute Gasteiger partial charge is 0.345 e. The first kappa shape index (κ1) is 17.1. The van der Waals surface area contributed by atoms with Crippen LogP contribution in [-0.2, 0) is 16.1 Å². The first-order valence-corrected chi connectivity index (χ1v) is 6.89. The number of nitro benzene ring substituents is 1. The van der Waals surface area contributed by atoms with E-state index in [2.05, 4.69) is 5.32 Å². The van der Waals surface area contributed by atoms with E-state index in [9.17, 15) is 24.1 Å². The molecule has 1 N–H and O–H groups in total. The Balaban J connectivity index is 1.86. The monoisotopic (exact) mass is 332 g/mol. The van der Waals surface area contributed by atoms with Crippen molar-refractivity contribution >= 4 is 17.6 Å². The number of hydrogen-bond donors (Lipinski definition) is 1. The molecule has 0 aliphatic heterocycles. The van der Waals surface area contributed by atoms with Crippen LogP contribution in [-0.4, -0.2) is 23.4 Å². The van der Waals surface area contributed by atoms with E-state index in [4.69, 9.17) is 4.74 Å². The molecule has 124 valence electrons. The van der Waals surface area contributed by atoms with Gasteiger partial charge in [0.1, 0.15) is 11.4 Å². The molecule has 0 spiro atoms. The van der Waals surface area contributed by atoms with Crippen molar-refractivity contribution < 1.29 is 23.6 Å². The van der Waals surface area contributed by atoms with Gasteiger partial charge < -0.3 is 10.1 Å². The van der Waals surface area contributed by atoms with E-state index in [-0.39, 0.29) is 17.9 Å². The molecule has 2 aromatic rings. The second-order valence-corrected chi connectivity index (χ2v) is 4.75. The molecule has 0 radical (unpaired) electrons. The second kappa shape index (κ2) is 7.82. The molecule has 2 aromatic carbocycles. The molecule has 0 fully saturated rings. The molecular weight excluding hydrogens is 319 g/mol. The van der Waals surface area contributed by atoms with Crippen molar-refractivity contribution in [2.75, 3.05) is 6.61 Å².